The first kappa shape index (κ1) is 17.7. The van der Waals surface area contributed by atoms with Gasteiger partial charge in [0.15, 0.2) is 0 Å². The monoisotopic (exact) mass is 290 g/mol. The molecule has 1 atom stereocenters. The first-order chi connectivity index (χ1) is 9.97. The van der Waals surface area contributed by atoms with Crippen LogP contribution in [0.15, 0.2) is 18.2 Å². The van der Waals surface area contributed by atoms with Crippen molar-refractivity contribution in [2.45, 2.75) is 53.0 Å². The van der Waals surface area contributed by atoms with Crippen LogP contribution in [0.1, 0.15) is 49.3 Å². The first-order valence-corrected chi connectivity index (χ1v) is 7.98. The van der Waals surface area contributed by atoms with Gasteiger partial charge in [0.2, 0.25) is 5.91 Å². The maximum absolute atomic E-state index is 12.2. The minimum atomic E-state index is 0.227. The molecule has 0 heterocycles. The zero-order valence-electron chi connectivity index (χ0n) is 14.0. The lowest BCUT2D eigenvalue weighted by Crippen LogP contribution is -2.27. The molecule has 0 bridgehead atoms. The summed E-state index contributed by atoms with van der Waals surface area (Å²) in [4.78, 5) is 14.1. The molecule has 2 N–H and O–H groups in total. The lowest BCUT2D eigenvalue weighted by atomic mass is 9.96. The van der Waals surface area contributed by atoms with Crippen molar-refractivity contribution in [1.29, 1.82) is 0 Å². The van der Waals surface area contributed by atoms with Crippen molar-refractivity contribution in [3.63, 3.8) is 0 Å². The Labute approximate surface area is 129 Å². The Hall–Kier alpha value is -1.35. The smallest absolute Gasteiger partial charge is 0.222 e. The summed E-state index contributed by atoms with van der Waals surface area (Å²) in [5.74, 6) is 0.805. The predicted octanol–water partition coefficient (Wildman–Crippen LogP) is 3.42. The summed E-state index contributed by atoms with van der Waals surface area (Å²) in [6, 6.07) is 6.40. The summed E-state index contributed by atoms with van der Waals surface area (Å²) in [5, 5.41) is 0. The number of carbonyl (C=O) groups excluding carboxylic acids is 1. The van der Waals surface area contributed by atoms with E-state index >= 15 is 0 Å². The van der Waals surface area contributed by atoms with E-state index in [2.05, 4.69) is 39.0 Å². The second-order valence-corrected chi connectivity index (χ2v) is 6.07. The van der Waals surface area contributed by atoms with Gasteiger partial charge in [0, 0.05) is 20.0 Å². The fraction of sp³-hybridized carbons (Fsp3) is 0.611. The van der Waals surface area contributed by atoms with E-state index in [0.717, 1.165) is 19.3 Å². The molecule has 1 rings (SSSR count). The number of nitrogens with two attached hydrogens (primary N) is 1. The summed E-state index contributed by atoms with van der Waals surface area (Å²) in [7, 11) is 1.89. The summed E-state index contributed by atoms with van der Waals surface area (Å²) >= 11 is 0. The quantitative estimate of drug-likeness (QED) is 0.797. The molecule has 3 heteroatoms. The molecule has 1 unspecified atom stereocenters. The Morgan fingerprint density at radius 1 is 1.29 bits per heavy atom. The minimum absolute atomic E-state index is 0.227. The van der Waals surface area contributed by atoms with Crippen LogP contribution >= 0.6 is 0 Å². The van der Waals surface area contributed by atoms with E-state index in [-0.39, 0.29) is 5.91 Å². The fourth-order valence-electron chi connectivity index (χ4n) is 2.67. The topological polar surface area (TPSA) is 46.3 Å². The minimum Gasteiger partial charge on any atom is -0.341 e. The van der Waals surface area contributed by atoms with Gasteiger partial charge in [-0.05, 0) is 50.3 Å². The van der Waals surface area contributed by atoms with Gasteiger partial charge in [0.05, 0.1) is 0 Å². The van der Waals surface area contributed by atoms with Crippen LogP contribution in [0.25, 0.3) is 0 Å². The van der Waals surface area contributed by atoms with Gasteiger partial charge in [0.25, 0.3) is 0 Å². The first-order valence-electron chi connectivity index (χ1n) is 7.98. The summed E-state index contributed by atoms with van der Waals surface area (Å²) in [6.07, 6.45) is 3.69. The van der Waals surface area contributed by atoms with Gasteiger partial charge in [0.1, 0.15) is 0 Å². The molecule has 0 aliphatic heterocycles. The fourth-order valence-corrected chi connectivity index (χ4v) is 2.67. The number of benzene rings is 1. The second-order valence-electron chi connectivity index (χ2n) is 6.07. The molecule has 0 radical (unpaired) electrons. The number of carbonyl (C=O) groups is 1. The SMILES string of the molecule is CCC(CCN)CCC(=O)N(C)Cc1ccc(C)cc1C. The molecule has 0 aliphatic rings. The molecule has 0 saturated carbocycles. The number of amides is 1. The highest BCUT2D eigenvalue weighted by molar-refractivity contribution is 5.75. The molecular weight excluding hydrogens is 260 g/mol. The highest BCUT2D eigenvalue weighted by atomic mass is 16.2. The normalized spacial score (nSPS) is 12.2. The van der Waals surface area contributed by atoms with E-state index in [9.17, 15) is 4.79 Å². The van der Waals surface area contributed by atoms with Crippen molar-refractivity contribution < 1.29 is 4.79 Å². The summed E-state index contributed by atoms with van der Waals surface area (Å²) < 4.78 is 0. The van der Waals surface area contributed by atoms with Gasteiger partial charge in [-0.2, -0.15) is 0 Å². The predicted molar refractivity (Wildman–Crippen MR) is 89.1 cm³/mol. The zero-order chi connectivity index (χ0) is 15.8. The molecule has 1 aromatic rings. The van der Waals surface area contributed by atoms with Gasteiger partial charge in [-0.1, -0.05) is 37.1 Å². The van der Waals surface area contributed by atoms with E-state index < -0.39 is 0 Å². The lowest BCUT2D eigenvalue weighted by molar-refractivity contribution is -0.130. The Morgan fingerprint density at radius 3 is 2.57 bits per heavy atom. The number of hydrogen-bond donors (Lipinski definition) is 1. The molecule has 0 aromatic heterocycles. The maximum atomic E-state index is 12.2. The molecule has 3 nitrogen and oxygen atoms in total. The van der Waals surface area contributed by atoms with Crippen LogP contribution in [-0.4, -0.2) is 24.4 Å². The van der Waals surface area contributed by atoms with Gasteiger partial charge >= 0.3 is 0 Å². The van der Waals surface area contributed by atoms with Gasteiger partial charge in [-0.25, -0.2) is 0 Å². The summed E-state index contributed by atoms with van der Waals surface area (Å²) in [5.41, 5.74) is 9.35. The average molecular weight is 290 g/mol. The second kappa shape index (κ2) is 8.83. The van der Waals surface area contributed by atoms with E-state index in [0.29, 0.717) is 25.4 Å². The van der Waals surface area contributed by atoms with Crippen molar-refractivity contribution in [2.24, 2.45) is 11.7 Å². The van der Waals surface area contributed by atoms with E-state index in [1.807, 2.05) is 11.9 Å². The van der Waals surface area contributed by atoms with E-state index in [1.165, 1.54) is 16.7 Å². The van der Waals surface area contributed by atoms with Crippen LogP contribution in [0.4, 0.5) is 0 Å². The molecule has 118 valence electrons. The van der Waals surface area contributed by atoms with Crippen molar-refractivity contribution in [3.8, 4) is 0 Å². The number of hydrogen-bond acceptors (Lipinski definition) is 2. The number of nitrogens with zero attached hydrogens (tertiary/aromatic N) is 1. The molecule has 1 aromatic carbocycles. The van der Waals surface area contributed by atoms with Crippen LogP contribution in [0.5, 0.6) is 0 Å². The van der Waals surface area contributed by atoms with E-state index in [4.69, 9.17) is 5.73 Å². The van der Waals surface area contributed by atoms with Gasteiger partial charge in [-0.3, -0.25) is 4.79 Å². The highest BCUT2D eigenvalue weighted by Crippen LogP contribution is 2.17. The molecular formula is C18H30N2O. The third-order valence-corrected chi connectivity index (χ3v) is 4.25. The number of rotatable bonds is 8. The van der Waals surface area contributed by atoms with Crippen molar-refractivity contribution >= 4 is 5.91 Å². The van der Waals surface area contributed by atoms with Crippen LogP contribution in [0, 0.1) is 19.8 Å². The highest BCUT2D eigenvalue weighted by Gasteiger charge is 2.13. The molecule has 21 heavy (non-hydrogen) atoms. The molecule has 0 aliphatic carbocycles. The Balaban J connectivity index is 2.50. The third-order valence-electron chi connectivity index (χ3n) is 4.25. The molecule has 1 amide bonds. The van der Waals surface area contributed by atoms with Gasteiger partial charge < -0.3 is 10.6 Å². The van der Waals surface area contributed by atoms with Crippen molar-refractivity contribution in [2.75, 3.05) is 13.6 Å². The van der Waals surface area contributed by atoms with Crippen molar-refractivity contribution in [1.82, 2.24) is 4.90 Å². The van der Waals surface area contributed by atoms with Crippen LogP contribution in [0.2, 0.25) is 0 Å². The Kier molecular flexibility index (Phi) is 7.44. The van der Waals surface area contributed by atoms with Crippen molar-refractivity contribution in [3.05, 3.63) is 34.9 Å². The largest absolute Gasteiger partial charge is 0.341 e. The van der Waals surface area contributed by atoms with Crippen LogP contribution in [-0.2, 0) is 11.3 Å². The standard InChI is InChI=1S/C18H30N2O/c1-5-16(10-11-19)7-9-18(21)20(4)13-17-8-6-14(2)12-15(17)3/h6,8,12,16H,5,7,9-11,13,19H2,1-4H3. The Bertz CT molecular complexity index is 457. The third kappa shape index (κ3) is 5.88. The maximum Gasteiger partial charge on any atom is 0.222 e. The zero-order valence-corrected chi connectivity index (χ0v) is 14.0. The lowest BCUT2D eigenvalue weighted by Gasteiger charge is -2.20. The van der Waals surface area contributed by atoms with Gasteiger partial charge in [-0.15, -0.1) is 0 Å². The molecule has 0 saturated heterocycles. The molecule has 0 fully saturated rings. The summed E-state index contributed by atoms with van der Waals surface area (Å²) in [6.45, 7) is 7.77. The average Bonchev–Trinajstić information content (AvgIpc) is 2.45. The van der Waals surface area contributed by atoms with Crippen LogP contribution in [0.3, 0.4) is 0 Å². The number of aryl methyl sites for hydroxylation is 2. The van der Waals surface area contributed by atoms with Crippen LogP contribution < -0.4 is 5.73 Å². The Morgan fingerprint density at radius 2 is 2.00 bits per heavy atom. The molecule has 0 spiro atoms. The van der Waals surface area contributed by atoms with E-state index in [1.54, 1.807) is 0 Å².